The molecule has 88 valence electrons. The normalized spacial score (nSPS) is 12.3. The lowest BCUT2D eigenvalue weighted by atomic mass is 10.0. The first-order valence-corrected chi connectivity index (χ1v) is 5.39. The first kappa shape index (κ1) is 12.6. The van der Waals surface area contributed by atoms with E-state index in [1.54, 1.807) is 0 Å². The SMILES string of the molecule is COC(=O)C(C)c1cccc(OC(C)C)c1. The van der Waals surface area contributed by atoms with Gasteiger partial charge in [-0.1, -0.05) is 12.1 Å². The summed E-state index contributed by atoms with van der Waals surface area (Å²) in [6, 6.07) is 7.54. The van der Waals surface area contributed by atoms with Crippen LogP contribution in [-0.4, -0.2) is 19.2 Å². The van der Waals surface area contributed by atoms with Gasteiger partial charge in [0.1, 0.15) is 5.75 Å². The van der Waals surface area contributed by atoms with Crippen molar-refractivity contribution in [2.45, 2.75) is 32.8 Å². The quantitative estimate of drug-likeness (QED) is 0.735. The Kier molecular flexibility index (Phi) is 4.35. The lowest BCUT2D eigenvalue weighted by Crippen LogP contribution is -2.11. The monoisotopic (exact) mass is 222 g/mol. The zero-order valence-corrected chi connectivity index (χ0v) is 10.2. The number of esters is 1. The highest BCUT2D eigenvalue weighted by Crippen LogP contribution is 2.22. The van der Waals surface area contributed by atoms with E-state index in [0.717, 1.165) is 11.3 Å². The molecule has 0 heterocycles. The van der Waals surface area contributed by atoms with Crippen LogP contribution in [0.25, 0.3) is 0 Å². The molecule has 1 atom stereocenters. The van der Waals surface area contributed by atoms with Gasteiger partial charge in [-0.2, -0.15) is 0 Å². The molecule has 0 aromatic heterocycles. The van der Waals surface area contributed by atoms with Crippen molar-refractivity contribution in [1.82, 2.24) is 0 Å². The predicted octanol–water partition coefficient (Wildman–Crippen LogP) is 2.75. The molecule has 1 aromatic carbocycles. The van der Waals surface area contributed by atoms with Gasteiger partial charge in [-0.25, -0.2) is 0 Å². The van der Waals surface area contributed by atoms with Crippen LogP contribution in [0.15, 0.2) is 24.3 Å². The minimum Gasteiger partial charge on any atom is -0.491 e. The minimum atomic E-state index is -0.263. The number of hydrogen-bond donors (Lipinski definition) is 0. The van der Waals surface area contributed by atoms with E-state index < -0.39 is 0 Å². The molecule has 0 saturated carbocycles. The van der Waals surface area contributed by atoms with Gasteiger partial charge in [-0.15, -0.1) is 0 Å². The third-order valence-corrected chi connectivity index (χ3v) is 2.28. The Morgan fingerprint density at radius 1 is 1.25 bits per heavy atom. The van der Waals surface area contributed by atoms with Gasteiger partial charge in [0.2, 0.25) is 0 Å². The van der Waals surface area contributed by atoms with Crippen molar-refractivity contribution in [2.24, 2.45) is 0 Å². The Bertz CT molecular complexity index is 358. The van der Waals surface area contributed by atoms with Crippen molar-refractivity contribution in [3.8, 4) is 5.75 Å². The first-order valence-electron chi connectivity index (χ1n) is 5.39. The number of benzene rings is 1. The second kappa shape index (κ2) is 5.54. The number of ether oxygens (including phenoxy) is 2. The molecule has 1 unspecified atom stereocenters. The van der Waals surface area contributed by atoms with E-state index in [1.807, 2.05) is 45.0 Å². The zero-order chi connectivity index (χ0) is 12.1. The third kappa shape index (κ3) is 3.26. The molecule has 3 nitrogen and oxygen atoms in total. The number of hydrogen-bond acceptors (Lipinski definition) is 3. The molecule has 0 N–H and O–H groups in total. The van der Waals surface area contributed by atoms with Gasteiger partial charge in [0.05, 0.1) is 19.1 Å². The molecule has 0 bridgehead atoms. The third-order valence-electron chi connectivity index (χ3n) is 2.28. The van der Waals surface area contributed by atoms with Crippen LogP contribution in [0.3, 0.4) is 0 Å². The molecule has 0 fully saturated rings. The highest BCUT2D eigenvalue weighted by molar-refractivity contribution is 5.77. The van der Waals surface area contributed by atoms with Crippen molar-refractivity contribution in [1.29, 1.82) is 0 Å². The fourth-order valence-electron chi connectivity index (χ4n) is 1.44. The number of carbonyl (C=O) groups excluding carboxylic acids is 1. The van der Waals surface area contributed by atoms with Gasteiger partial charge in [-0.05, 0) is 38.5 Å². The predicted molar refractivity (Wildman–Crippen MR) is 62.6 cm³/mol. The van der Waals surface area contributed by atoms with E-state index in [0.29, 0.717) is 0 Å². The van der Waals surface area contributed by atoms with Crippen molar-refractivity contribution in [2.75, 3.05) is 7.11 Å². The van der Waals surface area contributed by atoms with Crippen molar-refractivity contribution in [3.63, 3.8) is 0 Å². The highest BCUT2D eigenvalue weighted by Gasteiger charge is 2.15. The van der Waals surface area contributed by atoms with Gasteiger partial charge in [0.25, 0.3) is 0 Å². The maximum Gasteiger partial charge on any atom is 0.312 e. The standard InChI is InChI=1S/C13H18O3/c1-9(2)16-12-7-5-6-11(8-12)10(3)13(14)15-4/h5-10H,1-4H3. The highest BCUT2D eigenvalue weighted by atomic mass is 16.5. The maximum absolute atomic E-state index is 11.4. The summed E-state index contributed by atoms with van der Waals surface area (Å²) in [5.74, 6) is 0.283. The fourth-order valence-corrected chi connectivity index (χ4v) is 1.44. The minimum absolute atomic E-state index is 0.128. The summed E-state index contributed by atoms with van der Waals surface area (Å²) < 4.78 is 10.3. The summed E-state index contributed by atoms with van der Waals surface area (Å²) in [6.45, 7) is 5.76. The summed E-state index contributed by atoms with van der Waals surface area (Å²) >= 11 is 0. The van der Waals surface area contributed by atoms with Crippen LogP contribution in [0.1, 0.15) is 32.3 Å². The van der Waals surface area contributed by atoms with Gasteiger partial charge < -0.3 is 9.47 Å². The smallest absolute Gasteiger partial charge is 0.312 e. The summed E-state index contributed by atoms with van der Waals surface area (Å²) in [7, 11) is 1.40. The second-order valence-corrected chi connectivity index (χ2v) is 3.98. The molecule has 0 amide bonds. The van der Waals surface area contributed by atoms with Gasteiger partial charge >= 0.3 is 5.97 Å². The molecule has 0 aliphatic carbocycles. The van der Waals surface area contributed by atoms with Crippen LogP contribution in [0.5, 0.6) is 5.75 Å². The van der Waals surface area contributed by atoms with Gasteiger partial charge in [0.15, 0.2) is 0 Å². The van der Waals surface area contributed by atoms with Gasteiger partial charge in [-0.3, -0.25) is 4.79 Å². The zero-order valence-electron chi connectivity index (χ0n) is 10.2. The topological polar surface area (TPSA) is 35.5 Å². The number of methoxy groups -OCH3 is 1. The van der Waals surface area contributed by atoms with Gasteiger partial charge in [0, 0.05) is 0 Å². The Hall–Kier alpha value is -1.51. The molecule has 3 heteroatoms. The molecule has 1 rings (SSSR count). The lowest BCUT2D eigenvalue weighted by molar-refractivity contribution is -0.141. The summed E-state index contributed by atoms with van der Waals surface area (Å²) in [5, 5.41) is 0. The molecule has 16 heavy (non-hydrogen) atoms. The van der Waals surface area contributed by atoms with Crippen molar-refractivity contribution >= 4 is 5.97 Å². The fraction of sp³-hybridized carbons (Fsp3) is 0.462. The second-order valence-electron chi connectivity index (χ2n) is 3.98. The maximum atomic E-state index is 11.4. The molecule has 0 saturated heterocycles. The molecule has 1 aromatic rings. The molecular formula is C13H18O3. The van der Waals surface area contributed by atoms with Crippen molar-refractivity contribution in [3.05, 3.63) is 29.8 Å². The molecule has 0 radical (unpaired) electrons. The van der Waals surface area contributed by atoms with E-state index in [2.05, 4.69) is 0 Å². The Morgan fingerprint density at radius 3 is 2.50 bits per heavy atom. The lowest BCUT2D eigenvalue weighted by Gasteiger charge is -2.13. The van der Waals surface area contributed by atoms with Crippen molar-refractivity contribution < 1.29 is 14.3 Å². The van der Waals surface area contributed by atoms with E-state index in [-0.39, 0.29) is 18.0 Å². The summed E-state index contributed by atoms with van der Waals surface area (Å²) in [5.41, 5.74) is 0.907. The van der Waals surface area contributed by atoms with E-state index >= 15 is 0 Å². The average molecular weight is 222 g/mol. The Morgan fingerprint density at radius 2 is 1.94 bits per heavy atom. The average Bonchev–Trinajstić information content (AvgIpc) is 2.26. The van der Waals surface area contributed by atoms with Crippen LogP contribution in [0.4, 0.5) is 0 Å². The first-order chi connectivity index (χ1) is 7.54. The summed E-state index contributed by atoms with van der Waals surface area (Å²) in [6.07, 6.45) is 0.128. The molecule has 0 spiro atoms. The van der Waals surface area contributed by atoms with Crippen LogP contribution in [0.2, 0.25) is 0 Å². The number of rotatable bonds is 4. The van der Waals surface area contributed by atoms with Crippen LogP contribution in [-0.2, 0) is 9.53 Å². The van der Waals surface area contributed by atoms with E-state index in [9.17, 15) is 4.79 Å². The van der Waals surface area contributed by atoms with E-state index in [4.69, 9.17) is 9.47 Å². The molecule has 0 aliphatic rings. The number of carbonyl (C=O) groups is 1. The Balaban J connectivity index is 2.85. The van der Waals surface area contributed by atoms with Crippen LogP contribution in [0, 0.1) is 0 Å². The molecule has 0 aliphatic heterocycles. The largest absolute Gasteiger partial charge is 0.491 e. The summed E-state index contributed by atoms with van der Waals surface area (Å²) in [4.78, 5) is 11.4. The van der Waals surface area contributed by atoms with Crippen LogP contribution < -0.4 is 4.74 Å². The van der Waals surface area contributed by atoms with Crippen LogP contribution >= 0.6 is 0 Å². The molecular weight excluding hydrogens is 204 g/mol. The Labute approximate surface area is 96.4 Å². The van der Waals surface area contributed by atoms with E-state index in [1.165, 1.54) is 7.11 Å².